The average Bonchev–Trinajstić information content (AvgIpc) is 2.50. The normalized spacial score (nSPS) is 12.3. The number of nitrogens with one attached hydrogen (secondary N) is 1. The maximum Gasteiger partial charge on any atom is 0.113 e. The molecule has 0 aliphatic rings. The van der Waals surface area contributed by atoms with Gasteiger partial charge >= 0.3 is 0 Å². The van der Waals surface area contributed by atoms with Gasteiger partial charge in [-0.3, -0.25) is 5.32 Å². The number of likely N-dealkylation sites (N-methyl/N-ethyl adjacent to an activating group) is 1. The van der Waals surface area contributed by atoms with E-state index in [-0.39, 0.29) is 6.04 Å². The number of nitriles is 1. The van der Waals surface area contributed by atoms with E-state index in [0.29, 0.717) is 12.6 Å². The number of anilines is 1. The zero-order valence-corrected chi connectivity index (χ0v) is 13.0. The molecule has 0 spiro atoms. The largest absolute Gasteiger partial charge is 0.369 e. The zero-order chi connectivity index (χ0) is 15.2. The third-order valence-electron chi connectivity index (χ3n) is 3.58. The van der Waals surface area contributed by atoms with Crippen LogP contribution in [0.2, 0.25) is 0 Å². The first-order valence-corrected chi connectivity index (χ1v) is 7.54. The minimum Gasteiger partial charge on any atom is -0.369 e. The highest BCUT2D eigenvalue weighted by Crippen LogP contribution is 2.26. The van der Waals surface area contributed by atoms with E-state index in [0.717, 1.165) is 6.54 Å². The molecule has 110 valence electrons. The van der Waals surface area contributed by atoms with Crippen LogP contribution >= 0.6 is 0 Å². The van der Waals surface area contributed by atoms with Gasteiger partial charge in [-0.1, -0.05) is 36.4 Å². The second kappa shape index (κ2) is 7.10. The van der Waals surface area contributed by atoms with Crippen LogP contribution in [0, 0.1) is 11.3 Å². The second-order valence-electron chi connectivity index (χ2n) is 5.54. The number of rotatable bonds is 6. The van der Waals surface area contributed by atoms with E-state index in [2.05, 4.69) is 79.5 Å². The molecule has 2 aromatic carbocycles. The van der Waals surface area contributed by atoms with Crippen molar-refractivity contribution in [3.8, 4) is 6.07 Å². The summed E-state index contributed by atoms with van der Waals surface area (Å²) in [5.41, 5.74) is 1.20. The van der Waals surface area contributed by atoms with Crippen molar-refractivity contribution >= 4 is 16.5 Å². The van der Waals surface area contributed by atoms with Crippen LogP contribution in [0.4, 0.5) is 5.69 Å². The lowest BCUT2D eigenvalue weighted by molar-refractivity contribution is 0.523. The molecule has 3 heteroatoms. The van der Waals surface area contributed by atoms with Crippen molar-refractivity contribution in [2.45, 2.75) is 32.9 Å². The van der Waals surface area contributed by atoms with Crippen LogP contribution in [0.3, 0.4) is 0 Å². The van der Waals surface area contributed by atoms with E-state index in [1.54, 1.807) is 0 Å². The molecule has 0 saturated carbocycles. The van der Waals surface area contributed by atoms with Gasteiger partial charge in [0.25, 0.3) is 0 Å². The molecule has 0 aliphatic heterocycles. The second-order valence-corrected chi connectivity index (χ2v) is 5.54. The minimum absolute atomic E-state index is 0.163. The van der Waals surface area contributed by atoms with Crippen molar-refractivity contribution in [3.63, 3.8) is 0 Å². The Morgan fingerprint density at radius 1 is 1.14 bits per heavy atom. The Kier molecular flexibility index (Phi) is 5.19. The van der Waals surface area contributed by atoms with Crippen molar-refractivity contribution in [2.75, 3.05) is 18.0 Å². The summed E-state index contributed by atoms with van der Waals surface area (Å²) in [7, 11) is 0. The molecule has 2 aromatic rings. The number of fused-ring (bicyclic) bond motifs is 1. The van der Waals surface area contributed by atoms with E-state index in [4.69, 9.17) is 0 Å². The van der Waals surface area contributed by atoms with E-state index in [9.17, 15) is 5.26 Å². The summed E-state index contributed by atoms with van der Waals surface area (Å²) in [4.78, 5) is 2.27. The summed E-state index contributed by atoms with van der Waals surface area (Å²) in [5, 5.41) is 15.1. The Hall–Kier alpha value is -2.05. The molecular formula is C18H23N3. The Bertz CT molecular complexity index is 622. The van der Waals surface area contributed by atoms with Crippen LogP contribution in [0.15, 0.2) is 42.5 Å². The predicted octanol–water partition coefficient (Wildman–Crippen LogP) is 3.56. The summed E-state index contributed by atoms with van der Waals surface area (Å²) in [6.45, 7) is 7.84. The quantitative estimate of drug-likeness (QED) is 0.880. The van der Waals surface area contributed by atoms with Crippen molar-refractivity contribution < 1.29 is 0 Å². The zero-order valence-electron chi connectivity index (χ0n) is 13.0. The fraction of sp³-hybridized carbons (Fsp3) is 0.389. The van der Waals surface area contributed by atoms with E-state index < -0.39 is 0 Å². The molecule has 0 fully saturated rings. The van der Waals surface area contributed by atoms with Crippen molar-refractivity contribution in [3.05, 3.63) is 42.5 Å². The molecule has 0 saturated heterocycles. The molecule has 0 bridgehead atoms. The number of benzene rings is 2. The molecular weight excluding hydrogens is 258 g/mol. The van der Waals surface area contributed by atoms with Gasteiger partial charge in [-0.2, -0.15) is 5.26 Å². The van der Waals surface area contributed by atoms with Gasteiger partial charge in [0, 0.05) is 30.2 Å². The van der Waals surface area contributed by atoms with Crippen molar-refractivity contribution in [1.82, 2.24) is 5.32 Å². The predicted molar refractivity (Wildman–Crippen MR) is 89.5 cm³/mol. The third-order valence-corrected chi connectivity index (χ3v) is 3.58. The van der Waals surface area contributed by atoms with Gasteiger partial charge < -0.3 is 4.90 Å². The standard InChI is InChI=1S/C18H23N3/c1-4-21(13-16(12-19)20-14(2)3)18-11-7-9-15-8-5-6-10-17(15)18/h5-11,14,16,20H,4,13H2,1-3H3. The van der Waals surface area contributed by atoms with Crippen LogP contribution in [0.1, 0.15) is 20.8 Å². The SMILES string of the molecule is CCN(CC(C#N)NC(C)C)c1cccc2ccccc12. The maximum absolute atomic E-state index is 9.34. The minimum atomic E-state index is -0.163. The topological polar surface area (TPSA) is 39.1 Å². The third kappa shape index (κ3) is 3.74. The average molecular weight is 281 g/mol. The first-order chi connectivity index (χ1) is 10.2. The molecule has 0 aromatic heterocycles. The van der Waals surface area contributed by atoms with Crippen molar-refractivity contribution in [2.24, 2.45) is 0 Å². The smallest absolute Gasteiger partial charge is 0.113 e. The molecule has 0 heterocycles. The Labute approximate surface area is 127 Å². The van der Waals surface area contributed by atoms with Gasteiger partial charge in [0.05, 0.1) is 6.07 Å². The van der Waals surface area contributed by atoms with Crippen molar-refractivity contribution in [1.29, 1.82) is 5.26 Å². The molecule has 1 unspecified atom stereocenters. The maximum atomic E-state index is 9.34. The lowest BCUT2D eigenvalue weighted by atomic mass is 10.1. The molecule has 1 atom stereocenters. The number of hydrogen-bond acceptors (Lipinski definition) is 3. The van der Waals surface area contributed by atoms with Gasteiger partial charge in [0.1, 0.15) is 6.04 Å². The van der Waals surface area contributed by atoms with Gasteiger partial charge in [-0.05, 0) is 32.2 Å². The van der Waals surface area contributed by atoms with Gasteiger partial charge in [0.15, 0.2) is 0 Å². The van der Waals surface area contributed by atoms with Gasteiger partial charge in [0.2, 0.25) is 0 Å². The monoisotopic (exact) mass is 281 g/mol. The fourth-order valence-corrected chi connectivity index (χ4v) is 2.64. The number of nitrogens with zero attached hydrogens (tertiary/aromatic N) is 2. The van der Waals surface area contributed by atoms with Crippen LogP contribution in [-0.2, 0) is 0 Å². The lowest BCUT2D eigenvalue weighted by Crippen LogP contribution is -2.43. The molecule has 0 radical (unpaired) electrons. The first kappa shape index (κ1) is 15.3. The Morgan fingerprint density at radius 2 is 1.86 bits per heavy atom. The van der Waals surface area contributed by atoms with Gasteiger partial charge in [-0.15, -0.1) is 0 Å². The van der Waals surface area contributed by atoms with Crippen LogP contribution in [0.25, 0.3) is 10.8 Å². The molecule has 1 N–H and O–H groups in total. The summed E-state index contributed by atoms with van der Waals surface area (Å²) in [6, 6.07) is 17.2. The Balaban J connectivity index is 2.29. The first-order valence-electron chi connectivity index (χ1n) is 7.54. The highest BCUT2D eigenvalue weighted by molar-refractivity contribution is 5.94. The molecule has 3 nitrogen and oxygen atoms in total. The van der Waals surface area contributed by atoms with Crippen LogP contribution in [-0.4, -0.2) is 25.2 Å². The molecule has 21 heavy (non-hydrogen) atoms. The molecule has 0 amide bonds. The Morgan fingerprint density at radius 3 is 2.52 bits per heavy atom. The van der Waals surface area contributed by atoms with Crippen LogP contribution in [0.5, 0.6) is 0 Å². The summed E-state index contributed by atoms with van der Waals surface area (Å²) in [6.07, 6.45) is 0. The fourth-order valence-electron chi connectivity index (χ4n) is 2.64. The lowest BCUT2D eigenvalue weighted by Gasteiger charge is -2.28. The summed E-state index contributed by atoms with van der Waals surface area (Å²) in [5.74, 6) is 0. The van der Waals surface area contributed by atoms with E-state index in [1.165, 1.54) is 16.5 Å². The summed E-state index contributed by atoms with van der Waals surface area (Å²) < 4.78 is 0. The molecule has 2 rings (SSSR count). The molecule has 0 aliphatic carbocycles. The summed E-state index contributed by atoms with van der Waals surface area (Å²) >= 11 is 0. The van der Waals surface area contributed by atoms with E-state index >= 15 is 0 Å². The highest BCUT2D eigenvalue weighted by atomic mass is 15.2. The van der Waals surface area contributed by atoms with E-state index in [1.807, 2.05) is 0 Å². The number of hydrogen-bond donors (Lipinski definition) is 1. The van der Waals surface area contributed by atoms with Crippen LogP contribution < -0.4 is 10.2 Å². The van der Waals surface area contributed by atoms with Gasteiger partial charge in [-0.25, -0.2) is 0 Å². The highest BCUT2D eigenvalue weighted by Gasteiger charge is 2.15.